The SMILES string of the molecule is C=CCO[C@H]1O[C@H](CO[C@@H]2O[C@H](CO)[C@@H](O)[C@H](OC(=O)C[C@@H](CCCCCCCCCCC)OC(=O)CCCCCCCCCCCCC)[C@H]2NC(=O)C[C@@H](CCCCCCCCCCC)OC(=O)CCCCCCCCCCC)[C@@H](OCc2ccccc2)[C@H](OC(=O)C[C@@H](CCCCCCCCCCC)OCc2ccccc2)[C@H]1NC(=O)C[C@@H](CCCCCCCCCCC)OCc1ccccc1. The first-order valence-electron chi connectivity index (χ1n) is 56.9. The van der Waals surface area contributed by atoms with E-state index < -0.39 is 135 Å². The second-order valence-electron chi connectivity index (χ2n) is 40.3. The monoisotopic (exact) mass is 1950 g/mol. The molecule has 2 heterocycles. The van der Waals surface area contributed by atoms with E-state index in [1.54, 1.807) is 6.08 Å². The van der Waals surface area contributed by atoms with Crippen LogP contribution in [0.1, 0.15) is 482 Å². The van der Waals surface area contributed by atoms with Crippen molar-refractivity contribution in [1.82, 2.24) is 10.6 Å². The van der Waals surface area contributed by atoms with Gasteiger partial charge in [-0.1, -0.05) is 472 Å². The molecule has 2 aliphatic heterocycles. The van der Waals surface area contributed by atoms with Gasteiger partial charge in [-0.15, -0.1) is 6.58 Å². The van der Waals surface area contributed by atoms with Crippen LogP contribution in [0.4, 0.5) is 0 Å². The summed E-state index contributed by atoms with van der Waals surface area (Å²) >= 11 is 0. The van der Waals surface area contributed by atoms with Crippen molar-refractivity contribution < 1.29 is 91.1 Å². The zero-order chi connectivity index (χ0) is 99.7. The van der Waals surface area contributed by atoms with Gasteiger partial charge in [0, 0.05) is 12.8 Å². The molecular weight excluding hydrogens is 1750 g/mol. The van der Waals surface area contributed by atoms with Gasteiger partial charge in [-0.25, -0.2) is 0 Å². The molecule has 0 aliphatic carbocycles. The maximum Gasteiger partial charge on any atom is 0.310 e. The highest BCUT2D eigenvalue weighted by Crippen LogP contribution is 2.34. The fraction of sp³-hybridized carbons (Fsp3) is 0.780. The van der Waals surface area contributed by atoms with Gasteiger partial charge in [0.25, 0.3) is 0 Å². The van der Waals surface area contributed by atoms with Gasteiger partial charge in [-0.3, -0.25) is 28.8 Å². The zero-order valence-electron chi connectivity index (χ0n) is 88.3. The van der Waals surface area contributed by atoms with Crippen LogP contribution < -0.4 is 10.6 Å². The number of hydrogen-bond acceptors (Lipinski definition) is 19. The number of carbonyl (C=O) groups excluding carboxylic acids is 6. The molecule has 139 heavy (non-hydrogen) atoms. The van der Waals surface area contributed by atoms with Crippen LogP contribution in [0.3, 0.4) is 0 Å². The molecule has 21 heteroatoms. The lowest BCUT2D eigenvalue weighted by Crippen LogP contribution is -2.68. The van der Waals surface area contributed by atoms with Gasteiger partial charge >= 0.3 is 23.9 Å². The van der Waals surface area contributed by atoms with Crippen molar-refractivity contribution >= 4 is 35.7 Å². The Morgan fingerprint density at radius 1 is 0.331 bits per heavy atom. The number of amides is 2. The maximum atomic E-state index is 15.6. The summed E-state index contributed by atoms with van der Waals surface area (Å²) in [6.07, 6.45) is 49.2. The number of nitrogens with one attached hydrogen (secondary N) is 2. The van der Waals surface area contributed by atoms with Crippen LogP contribution in [0.25, 0.3) is 0 Å². The van der Waals surface area contributed by atoms with Gasteiger partial charge in [-0.05, 0) is 68.1 Å². The fourth-order valence-electron chi connectivity index (χ4n) is 19.2. The van der Waals surface area contributed by atoms with Crippen molar-refractivity contribution in [3.05, 3.63) is 120 Å². The van der Waals surface area contributed by atoms with E-state index in [2.05, 4.69) is 58.8 Å². The van der Waals surface area contributed by atoms with Crippen LogP contribution in [0, 0.1) is 0 Å². The highest BCUT2D eigenvalue weighted by Gasteiger charge is 2.53. The van der Waals surface area contributed by atoms with Crippen molar-refractivity contribution in [2.45, 2.75) is 571 Å². The summed E-state index contributed by atoms with van der Waals surface area (Å²) in [6, 6.07) is 26.5. The number of carbonyl (C=O) groups is 6. The van der Waals surface area contributed by atoms with E-state index in [0.717, 1.165) is 164 Å². The second-order valence-corrected chi connectivity index (χ2v) is 40.3. The van der Waals surface area contributed by atoms with Crippen LogP contribution in [0.5, 0.6) is 0 Å². The number of aliphatic hydroxyl groups excluding tert-OH is 2. The Kier molecular flexibility index (Phi) is 74.6. The normalized spacial score (nSPS) is 19.0. The minimum Gasteiger partial charge on any atom is -0.462 e. The highest BCUT2D eigenvalue weighted by molar-refractivity contribution is 5.78. The lowest BCUT2D eigenvalue weighted by atomic mass is 9.94. The Morgan fingerprint density at radius 3 is 0.978 bits per heavy atom. The van der Waals surface area contributed by atoms with Crippen molar-refractivity contribution in [3.8, 4) is 0 Å². The van der Waals surface area contributed by atoms with E-state index in [-0.39, 0.29) is 65.0 Å². The lowest BCUT2D eigenvalue weighted by molar-refractivity contribution is -0.309. The third-order valence-corrected chi connectivity index (χ3v) is 27.6. The summed E-state index contributed by atoms with van der Waals surface area (Å²) in [6.45, 7) is 16.5. The Morgan fingerprint density at radius 2 is 0.619 bits per heavy atom. The van der Waals surface area contributed by atoms with Gasteiger partial charge in [0.2, 0.25) is 11.8 Å². The molecule has 2 fully saturated rings. The summed E-state index contributed by atoms with van der Waals surface area (Å²) in [7, 11) is 0. The van der Waals surface area contributed by atoms with Crippen molar-refractivity contribution in [2.75, 3.05) is 19.8 Å². The standard InChI is InChI=1S/C118H198N2O19/c1-8-15-21-27-33-39-40-46-52-58-73-85-108(125)135-102(83-71-56-50-44-37-31-25-19-12-5)90-110(127)138-115-111(119-106(123)88-101(82-70-55-49-43-36-30-24-18-11-4)134-107(124)84-72-57-51-45-38-32-26-20-13-6)118(136-103(91-121)113(115)128)133-95-104-114(132-94-98-78-66-61-67-79-98)116(139-109(126)89-100(131-93-97-76-64-60-65-77-97)81-69-54-48-42-35-29-23-17-10-3)112(117(137-104)129-86-14-7)120-105(122)87-99(130-92-96-74-62-59-63-75-96)80-68-53-47-41-34-28-22-16-9-2/h14,59-67,74-79,99-104,111-118,121,128H,7-13,15-58,68-73,80-95H2,1-6H3,(H,119,123)(H,120,122)/t99-,100-,101-,102-,103-,104-,111-,112-,113-,114-,115-,116-,117+,118-/m1/s1. The van der Waals surface area contributed by atoms with E-state index in [1.807, 2.05) is 91.0 Å². The quantitative estimate of drug-likeness (QED) is 0.0177. The Bertz CT molecular complexity index is 3450. The van der Waals surface area contributed by atoms with Crippen molar-refractivity contribution in [3.63, 3.8) is 0 Å². The molecule has 0 unspecified atom stereocenters. The third kappa shape index (κ3) is 60.4. The number of ether oxygens (including phenoxy) is 11. The van der Waals surface area contributed by atoms with Crippen molar-refractivity contribution in [1.29, 1.82) is 0 Å². The van der Waals surface area contributed by atoms with Gasteiger partial charge in [0.1, 0.15) is 48.7 Å². The average molecular weight is 1950 g/mol. The molecule has 21 nitrogen and oxygen atoms in total. The Hall–Kier alpha value is -6.14. The van der Waals surface area contributed by atoms with E-state index in [1.165, 1.54) is 186 Å². The second kappa shape index (κ2) is 84.1. The fourth-order valence-corrected chi connectivity index (χ4v) is 19.2. The molecule has 0 bridgehead atoms. The third-order valence-electron chi connectivity index (χ3n) is 27.6. The zero-order valence-corrected chi connectivity index (χ0v) is 88.3. The molecule has 3 aromatic carbocycles. The average Bonchev–Trinajstić information content (AvgIpc) is 0.776. The summed E-state index contributed by atoms with van der Waals surface area (Å²) in [5.41, 5.74) is 2.66. The molecule has 2 saturated heterocycles. The molecule has 14 atom stereocenters. The first kappa shape index (κ1) is 123. The molecule has 2 aliphatic rings. The predicted molar refractivity (Wildman–Crippen MR) is 560 cm³/mol. The molecule has 5 rings (SSSR count). The lowest BCUT2D eigenvalue weighted by Gasteiger charge is -2.47. The van der Waals surface area contributed by atoms with Gasteiger partial charge < -0.3 is 73.0 Å². The van der Waals surface area contributed by atoms with Crippen LogP contribution >= 0.6 is 0 Å². The summed E-state index contributed by atoms with van der Waals surface area (Å²) in [5, 5.41) is 30.5. The first-order chi connectivity index (χ1) is 68.1. The van der Waals surface area contributed by atoms with Crippen LogP contribution in [-0.4, -0.2) is 151 Å². The Labute approximate surface area is 843 Å². The molecule has 0 radical (unpaired) electrons. The van der Waals surface area contributed by atoms with Gasteiger partial charge in [0.05, 0.1) is 77.5 Å². The molecule has 794 valence electrons. The predicted octanol–water partition coefficient (Wildman–Crippen LogP) is 28.2. The topological polar surface area (TPSA) is 268 Å². The highest BCUT2D eigenvalue weighted by atomic mass is 16.7. The maximum absolute atomic E-state index is 15.6. The molecule has 0 aromatic heterocycles. The molecule has 0 saturated carbocycles. The minimum absolute atomic E-state index is 0.0536. The van der Waals surface area contributed by atoms with Crippen LogP contribution in [0.15, 0.2) is 104 Å². The summed E-state index contributed by atoms with van der Waals surface area (Å²) in [4.78, 5) is 90.0. The van der Waals surface area contributed by atoms with E-state index in [4.69, 9.17) is 52.1 Å². The molecule has 4 N–H and O–H groups in total. The van der Waals surface area contributed by atoms with E-state index in [0.29, 0.717) is 51.4 Å². The first-order valence-corrected chi connectivity index (χ1v) is 56.9. The summed E-state index contributed by atoms with van der Waals surface area (Å²) < 4.78 is 74.2. The van der Waals surface area contributed by atoms with Crippen molar-refractivity contribution in [2.24, 2.45) is 0 Å². The Balaban J connectivity index is 1.62. The van der Waals surface area contributed by atoms with Gasteiger partial charge in [-0.2, -0.15) is 0 Å². The van der Waals surface area contributed by atoms with Crippen LogP contribution in [-0.2, 0) is 101 Å². The largest absolute Gasteiger partial charge is 0.462 e. The number of benzene rings is 3. The molecule has 2 amide bonds. The van der Waals surface area contributed by atoms with E-state index >= 15 is 19.2 Å². The molecule has 0 spiro atoms. The number of hydrogen-bond donors (Lipinski definition) is 4. The van der Waals surface area contributed by atoms with Crippen LogP contribution in [0.2, 0.25) is 0 Å². The smallest absolute Gasteiger partial charge is 0.310 e. The minimum atomic E-state index is -1.78. The van der Waals surface area contributed by atoms with E-state index in [9.17, 15) is 19.8 Å². The van der Waals surface area contributed by atoms with Gasteiger partial charge in [0.15, 0.2) is 24.8 Å². The number of esters is 4. The number of aliphatic hydroxyl groups is 2. The number of unbranched alkanes of at least 4 members (excludes halogenated alkanes) is 50. The summed E-state index contributed by atoms with van der Waals surface area (Å²) in [5.74, 6) is -3.30. The number of rotatable bonds is 92. The molecule has 3 aromatic rings. The molecular formula is C118H198N2O19.